The molecule has 34 heavy (non-hydrogen) atoms. The number of carbonyl (C=O) groups excluding carboxylic acids is 1. The molecule has 5 rings (SSSR count). The van der Waals surface area contributed by atoms with Gasteiger partial charge in [-0.05, 0) is 95.4 Å². The van der Waals surface area contributed by atoms with E-state index in [1.165, 1.54) is 22.3 Å². The third-order valence-electron chi connectivity index (χ3n) is 6.68. The van der Waals surface area contributed by atoms with Gasteiger partial charge in [0.15, 0.2) is 5.76 Å². The van der Waals surface area contributed by atoms with Crippen LogP contribution >= 0.6 is 0 Å². The molecular formula is C26H33N3O5. The van der Waals surface area contributed by atoms with Crippen molar-refractivity contribution >= 4 is 17.7 Å². The van der Waals surface area contributed by atoms with Gasteiger partial charge < -0.3 is 24.4 Å². The standard InChI is InChI=1S/C26H33N3O5/c1-24(2,3)32-22(30)26(19-13-20(34-29-19)25(4,5)31)14-27-23(33-26)28-21-17-10-6-8-15(17)12-16-9-7-11-18(16)21/h12-13,31H,6-11,14H2,1-5H3,(H,27,28). The number of anilines is 1. The number of aromatic nitrogens is 1. The van der Waals surface area contributed by atoms with Crippen molar-refractivity contribution in [1.29, 1.82) is 0 Å². The van der Waals surface area contributed by atoms with Gasteiger partial charge in [0.1, 0.15) is 23.4 Å². The van der Waals surface area contributed by atoms with Gasteiger partial charge in [-0.1, -0.05) is 11.2 Å². The highest BCUT2D eigenvalue weighted by atomic mass is 16.6. The van der Waals surface area contributed by atoms with E-state index >= 15 is 0 Å². The van der Waals surface area contributed by atoms with Gasteiger partial charge in [0.2, 0.25) is 0 Å². The van der Waals surface area contributed by atoms with E-state index in [2.05, 4.69) is 21.5 Å². The molecule has 0 radical (unpaired) electrons. The molecule has 2 aromatic rings. The highest BCUT2D eigenvalue weighted by Crippen LogP contribution is 2.40. The molecule has 182 valence electrons. The van der Waals surface area contributed by atoms with Crippen LogP contribution in [0.2, 0.25) is 0 Å². The number of aryl methyl sites for hydroxylation is 2. The summed E-state index contributed by atoms with van der Waals surface area (Å²) >= 11 is 0. The van der Waals surface area contributed by atoms with Crippen molar-refractivity contribution < 1.29 is 23.9 Å². The Morgan fingerprint density at radius 1 is 1.06 bits per heavy atom. The number of fused-ring (bicyclic) bond motifs is 2. The maximum absolute atomic E-state index is 13.4. The molecule has 2 heterocycles. The summed E-state index contributed by atoms with van der Waals surface area (Å²) in [4.78, 5) is 18.0. The SMILES string of the molecule is CC(C)(C)OC(=O)C1(c2cc(C(C)(C)O)on2)CN=C(Nc2c3c(cc4c2CCC4)CCC3)O1. The quantitative estimate of drug-likeness (QED) is 0.657. The maximum atomic E-state index is 13.4. The van der Waals surface area contributed by atoms with E-state index < -0.39 is 22.8 Å². The smallest absolute Gasteiger partial charge is 0.359 e. The molecule has 1 aromatic heterocycles. The first kappa shape index (κ1) is 22.9. The van der Waals surface area contributed by atoms with Crippen LogP contribution in [0.4, 0.5) is 5.69 Å². The first-order chi connectivity index (χ1) is 16.0. The molecule has 0 spiro atoms. The van der Waals surface area contributed by atoms with E-state index in [9.17, 15) is 9.90 Å². The lowest BCUT2D eigenvalue weighted by Gasteiger charge is -2.29. The first-order valence-electron chi connectivity index (χ1n) is 12.1. The number of hydrogen-bond donors (Lipinski definition) is 2. The highest BCUT2D eigenvalue weighted by Gasteiger charge is 2.53. The number of ether oxygens (including phenoxy) is 2. The zero-order valence-electron chi connectivity index (χ0n) is 20.6. The second-order valence-electron chi connectivity index (χ2n) is 11.0. The summed E-state index contributed by atoms with van der Waals surface area (Å²) in [6.45, 7) is 8.58. The fourth-order valence-electron chi connectivity index (χ4n) is 5.01. The Morgan fingerprint density at radius 3 is 2.26 bits per heavy atom. The maximum Gasteiger partial charge on any atom is 0.359 e. The minimum absolute atomic E-state index is 0.000703. The van der Waals surface area contributed by atoms with Crippen LogP contribution in [-0.4, -0.2) is 34.4 Å². The monoisotopic (exact) mass is 467 g/mol. The zero-order chi connectivity index (χ0) is 24.3. The Bertz CT molecular complexity index is 1140. The number of aliphatic imine (C=N–C) groups is 1. The van der Waals surface area contributed by atoms with Gasteiger partial charge in [0.25, 0.3) is 11.6 Å². The molecule has 1 aliphatic heterocycles. The number of nitrogens with zero attached hydrogens (tertiary/aromatic N) is 2. The van der Waals surface area contributed by atoms with Gasteiger partial charge in [-0.25, -0.2) is 9.79 Å². The summed E-state index contributed by atoms with van der Waals surface area (Å²) in [7, 11) is 0. The van der Waals surface area contributed by atoms with Crippen molar-refractivity contribution in [2.75, 3.05) is 11.9 Å². The van der Waals surface area contributed by atoms with Crippen molar-refractivity contribution in [3.63, 3.8) is 0 Å². The summed E-state index contributed by atoms with van der Waals surface area (Å²) < 4.78 is 17.3. The molecule has 2 N–H and O–H groups in total. The lowest BCUT2D eigenvalue weighted by molar-refractivity contribution is -0.174. The predicted molar refractivity (Wildman–Crippen MR) is 127 cm³/mol. The van der Waals surface area contributed by atoms with Crippen molar-refractivity contribution in [2.45, 2.75) is 89.9 Å². The molecule has 8 nitrogen and oxygen atoms in total. The number of aliphatic hydroxyl groups is 1. The lowest BCUT2D eigenvalue weighted by atomic mass is 9.97. The van der Waals surface area contributed by atoms with Gasteiger partial charge in [0.05, 0.1) is 0 Å². The summed E-state index contributed by atoms with van der Waals surface area (Å²) in [5.41, 5.74) is 3.17. The average Bonchev–Trinajstić information content (AvgIpc) is 3.51. The fourth-order valence-corrected chi connectivity index (χ4v) is 5.01. The molecule has 1 unspecified atom stereocenters. The number of hydrogen-bond acceptors (Lipinski definition) is 8. The van der Waals surface area contributed by atoms with Crippen LogP contribution in [0.5, 0.6) is 0 Å². The molecule has 0 fully saturated rings. The van der Waals surface area contributed by atoms with Crippen LogP contribution in [0.3, 0.4) is 0 Å². The molecule has 2 aliphatic carbocycles. The van der Waals surface area contributed by atoms with Crippen molar-refractivity contribution in [1.82, 2.24) is 5.16 Å². The van der Waals surface area contributed by atoms with Crippen LogP contribution in [0.1, 0.15) is 81.2 Å². The molecule has 0 saturated heterocycles. The Morgan fingerprint density at radius 2 is 1.71 bits per heavy atom. The molecule has 0 amide bonds. The number of amidine groups is 1. The van der Waals surface area contributed by atoms with E-state index in [-0.39, 0.29) is 24.0 Å². The Hall–Kier alpha value is -2.87. The summed E-state index contributed by atoms with van der Waals surface area (Å²) in [5, 5.41) is 17.9. The van der Waals surface area contributed by atoms with Gasteiger partial charge in [0, 0.05) is 11.8 Å². The van der Waals surface area contributed by atoms with E-state index in [1.54, 1.807) is 40.7 Å². The van der Waals surface area contributed by atoms with E-state index in [1.807, 2.05) is 0 Å². The van der Waals surface area contributed by atoms with E-state index in [4.69, 9.17) is 14.0 Å². The van der Waals surface area contributed by atoms with E-state index in [0.29, 0.717) is 0 Å². The van der Waals surface area contributed by atoms with Crippen LogP contribution in [0, 0.1) is 0 Å². The molecule has 0 bridgehead atoms. The normalized spacial score (nSPS) is 21.6. The topological polar surface area (TPSA) is 106 Å². The molecule has 8 heteroatoms. The predicted octanol–water partition coefficient (Wildman–Crippen LogP) is 3.91. The third kappa shape index (κ3) is 3.98. The van der Waals surface area contributed by atoms with Crippen LogP contribution in [0.15, 0.2) is 21.6 Å². The molecule has 1 aromatic carbocycles. The largest absolute Gasteiger partial charge is 0.457 e. The van der Waals surface area contributed by atoms with Crippen LogP contribution in [-0.2, 0) is 51.2 Å². The number of rotatable bonds is 4. The van der Waals surface area contributed by atoms with Gasteiger partial charge in [-0.15, -0.1) is 0 Å². The minimum atomic E-state index is -1.59. The highest BCUT2D eigenvalue weighted by molar-refractivity contribution is 5.97. The molecule has 0 saturated carbocycles. The number of benzene rings is 1. The minimum Gasteiger partial charge on any atom is -0.457 e. The Labute approximate surface area is 199 Å². The third-order valence-corrected chi connectivity index (χ3v) is 6.68. The molecule has 3 aliphatic rings. The van der Waals surface area contributed by atoms with Gasteiger partial charge in [-0.2, -0.15) is 0 Å². The van der Waals surface area contributed by atoms with Gasteiger partial charge >= 0.3 is 5.97 Å². The first-order valence-corrected chi connectivity index (χ1v) is 12.1. The zero-order valence-corrected chi connectivity index (χ0v) is 20.6. The van der Waals surface area contributed by atoms with Crippen molar-refractivity contribution in [3.8, 4) is 0 Å². The number of carbonyl (C=O) groups is 1. The van der Waals surface area contributed by atoms with Crippen LogP contribution < -0.4 is 5.32 Å². The van der Waals surface area contributed by atoms with Gasteiger partial charge in [-0.3, -0.25) is 0 Å². The van der Waals surface area contributed by atoms with Crippen molar-refractivity contribution in [3.05, 3.63) is 45.8 Å². The molecule has 1 atom stereocenters. The second-order valence-corrected chi connectivity index (χ2v) is 11.0. The number of nitrogens with one attached hydrogen (secondary N) is 1. The second kappa shape index (κ2) is 7.83. The number of esters is 1. The van der Waals surface area contributed by atoms with Crippen LogP contribution in [0.25, 0.3) is 0 Å². The lowest BCUT2D eigenvalue weighted by Crippen LogP contribution is -2.45. The Balaban J connectivity index is 1.48. The summed E-state index contributed by atoms with van der Waals surface area (Å²) in [6, 6.07) is 4.18. The average molecular weight is 468 g/mol. The Kier molecular flexibility index (Phi) is 5.28. The fraction of sp³-hybridized carbons (Fsp3) is 0.577. The summed E-state index contributed by atoms with van der Waals surface area (Å²) in [6.07, 6.45) is 6.50. The summed E-state index contributed by atoms with van der Waals surface area (Å²) in [5.74, 6) is -0.367. The molecular weight excluding hydrogens is 434 g/mol. The van der Waals surface area contributed by atoms with Crippen molar-refractivity contribution in [2.24, 2.45) is 4.99 Å². The van der Waals surface area contributed by atoms with E-state index in [0.717, 1.165) is 44.2 Å².